The first-order valence-electron chi connectivity index (χ1n) is 9.35. The fraction of sp³-hybridized carbons (Fsp3) is 0.227. The van der Waals surface area contributed by atoms with Gasteiger partial charge in [-0.05, 0) is 48.1 Å². The molecule has 8 heteroatoms. The minimum Gasteiger partial charge on any atom is -0.317 e. The van der Waals surface area contributed by atoms with Crippen molar-refractivity contribution in [3.8, 4) is 0 Å². The number of allylic oxidation sites excluding steroid dienone is 1. The van der Waals surface area contributed by atoms with E-state index in [9.17, 15) is 19.7 Å². The number of amides is 2. The number of hydrogen-bond acceptors (Lipinski definition) is 5. The lowest BCUT2D eigenvalue weighted by atomic mass is 10.0. The highest BCUT2D eigenvalue weighted by atomic mass is 16.6. The van der Waals surface area contributed by atoms with Gasteiger partial charge >= 0.3 is 11.8 Å². The summed E-state index contributed by atoms with van der Waals surface area (Å²) in [7, 11) is 0. The molecule has 2 N–H and O–H groups in total. The molecule has 30 heavy (non-hydrogen) atoms. The molecule has 0 spiro atoms. The molecule has 0 unspecified atom stereocenters. The van der Waals surface area contributed by atoms with Crippen molar-refractivity contribution in [2.45, 2.75) is 33.6 Å². The number of nitrogens with zero attached hydrogens (tertiary/aromatic N) is 2. The molecule has 0 saturated carbocycles. The summed E-state index contributed by atoms with van der Waals surface area (Å²) >= 11 is 0. The Morgan fingerprint density at radius 1 is 1.10 bits per heavy atom. The van der Waals surface area contributed by atoms with Gasteiger partial charge in [0.15, 0.2) is 0 Å². The van der Waals surface area contributed by atoms with Gasteiger partial charge in [0.05, 0.1) is 11.1 Å². The third kappa shape index (κ3) is 6.37. The van der Waals surface area contributed by atoms with E-state index in [1.807, 2.05) is 25.1 Å². The third-order valence-electron chi connectivity index (χ3n) is 4.31. The number of non-ortho nitro benzene ring substituents is 1. The van der Waals surface area contributed by atoms with E-state index < -0.39 is 16.7 Å². The molecule has 2 aromatic rings. The first-order valence-corrected chi connectivity index (χ1v) is 9.35. The molecule has 0 saturated heterocycles. The summed E-state index contributed by atoms with van der Waals surface area (Å²) in [5.41, 5.74) is 5.89. The van der Waals surface area contributed by atoms with E-state index in [1.165, 1.54) is 30.0 Å². The molecule has 0 fully saturated rings. The number of rotatable bonds is 6. The molecule has 0 atom stereocenters. The predicted octanol–water partition coefficient (Wildman–Crippen LogP) is 4.17. The monoisotopic (exact) mass is 408 g/mol. The Bertz CT molecular complexity index is 1010. The maximum atomic E-state index is 12.0. The van der Waals surface area contributed by atoms with Crippen molar-refractivity contribution in [2.75, 3.05) is 5.32 Å². The summed E-state index contributed by atoms with van der Waals surface area (Å²) in [6.07, 6.45) is 3.35. The van der Waals surface area contributed by atoms with Crippen molar-refractivity contribution < 1.29 is 14.5 Å². The summed E-state index contributed by atoms with van der Waals surface area (Å²) in [6.45, 7) is 7.68. The molecule has 0 aromatic heterocycles. The van der Waals surface area contributed by atoms with Crippen LogP contribution in [-0.2, 0) is 9.59 Å². The number of carbonyl (C=O) groups is 2. The summed E-state index contributed by atoms with van der Waals surface area (Å²) in [5, 5.41) is 17.0. The number of nitro benzene ring substituents is 1. The van der Waals surface area contributed by atoms with Gasteiger partial charge < -0.3 is 5.32 Å². The molecule has 0 radical (unpaired) electrons. The number of anilines is 1. The number of carbonyl (C=O) groups excluding carboxylic acids is 2. The van der Waals surface area contributed by atoms with Crippen molar-refractivity contribution in [1.82, 2.24) is 5.43 Å². The lowest BCUT2D eigenvalue weighted by Gasteiger charge is -2.07. The number of nitrogens with one attached hydrogen (secondary N) is 2. The quantitative estimate of drug-likeness (QED) is 0.323. The van der Waals surface area contributed by atoms with Crippen LogP contribution in [0.1, 0.15) is 43.4 Å². The van der Waals surface area contributed by atoms with Crippen LogP contribution < -0.4 is 10.7 Å². The van der Waals surface area contributed by atoms with E-state index in [1.54, 1.807) is 6.92 Å². The maximum absolute atomic E-state index is 12.0. The molecular formula is C22H24N4O4. The Balaban J connectivity index is 1.93. The molecule has 2 aromatic carbocycles. The SMILES string of the molecule is CC(C=NNC(=O)C(=O)Nc1ccc([N+](=O)[O-])cc1C)=Cc1ccc(C(C)C)cc1. The van der Waals surface area contributed by atoms with Crippen LogP contribution in [0.15, 0.2) is 53.1 Å². The van der Waals surface area contributed by atoms with E-state index in [0.29, 0.717) is 17.2 Å². The Labute approximate surface area is 174 Å². The average molecular weight is 408 g/mol. The highest BCUT2D eigenvalue weighted by Crippen LogP contribution is 2.21. The summed E-state index contributed by atoms with van der Waals surface area (Å²) in [5.74, 6) is -1.41. The van der Waals surface area contributed by atoms with E-state index in [-0.39, 0.29) is 5.69 Å². The van der Waals surface area contributed by atoms with E-state index in [0.717, 1.165) is 11.1 Å². The molecule has 156 valence electrons. The molecule has 2 amide bonds. The zero-order valence-electron chi connectivity index (χ0n) is 17.3. The molecule has 0 bridgehead atoms. The second kappa shape index (κ2) is 10.1. The van der Waals surface area contributed by atoms with Gasteiger partial charge in [0, 0.05) is 17.8 Å². The Hall–Kier alpha value is -3.81. The predicted molar refractivity (Wildman–Crippen MR) is 117 cm³/mol. The molecule has 8 nitrogen and oxygen atoms in total. The van der Waals surface area contributed by atoms with Crippen LogP contribution in [0, 0.1) is 17.0 Å². The molecule has 2 rings (SSSR count). The minimum absolute atomic E-state index is 0.0966. The second-order valence-electron chi connectivity index (χ2n) is 7.12. The summed E-state index contributed by atoms with van der Waals surface area (Å²) < 4.78 is 0. The van der Waals surface area contributed by atoms with Gasteiger partial charge in [-0.1, -0.05) is 44.2 Å². The van der Waals surface area contributed by atoms with E-state index >= 15 is 0 Å². The first-order chi connectivity index (χ1) is 14.2. The van der Waals surface area contributed by atoms with Crippen LogP contribution in [-0.4, -0.2) is 23.0 Å². The van der Waals surface area contributed by atoms with Gasteiger partial charge in [-0.25, -0.2) is 5.43 Å². The molecule has 0 aliphatic carbocycles. The normalized spacial score (nSPS) is 11.6. The smallest absolute Gasteiger partial charge is 0.317 e. The van der Waals surface area contributed by atoms with Crippen molar-refractivity contribution in [3.05, 3.63) is 74.8 Å². The van der Waals surface area contributed by atoms with Crippen molar-refractivity contribution in [3.63, 3.8) is 0 Å². The van der Waals surface area contributed by atoms with Gasteiger partial charge in [0.25, 0.3) is 5.69 Å². The van der Waals surface area contributed by atoms with Crippen LogP contribution in [0.25, 0.3) is 6.08 Å². The number of aryl methyl sites for hydroxylation is 1. The highest BCUT2D eigenvalue weighted by molar-refractivity contribution is 6.39. The Morgan fingerprint density at radius 2 is 1.77 bits per heavy atom. The van der Waals surface area contributed by atoms with Crippen LogP contribution in [0.3, 0.4) is 0 Å². The van der Waals surface area contributed by atoms with Crippen LogP contribution in [0.4, 0.5) is 11.4 Å². The zero-order valence-corrected chi connectivity index (χ0v) is 17.3. The fourth-order valence-corrected chi connectivity index (χ4v) is 2.60. The second-order valence-corrected chi connectivity index (χ2v) is 7.12. The van der Waals surface area contributed by atoms with Crippen molar-refractivity contribution in [1.29, 1.82) is 0 Å². The van der Waals surface area contributed by atoms with E-state index in [4.69, 9.17) is 0 Å². The Morgan fingerprint density at radius 3 is 2.33 bits per heavy atom. The maximum Gasteiger partial charge on any atom is 0.329 e. The molecular weight excluding hydrogens is 384 g/mol. The fourth-order valence-electron chi connectivity index (χ4n) is 2.60. The van der Waals surface area contributed by atoms with Crippen LogP contribution >= 0.6 is 0 Å². The topological polar surface area (TPSA) is 114 Å². The number of nitro groups is 1. The van der Waals surface area contributed by atoms with Gasteiger partial charge in [0.2, 0.25) is 0 Å². The largest absolute Gasteiger partial charge is 0.329 e. The van der Waals surface area contributed by atoms with Crippen molar-refractivity contribution >= 4 is 35.5 Å². The number of benzene rings is 2. The Kier molecular flexibility index (Phi) is 7.57. The highest BCUT2D eigenvalue weighted by Gasteiger charge is 2.15. The molecule has 0 aliphatic heterocycles. The van der Waals surface area contributed by atoms with Crippen molar-refractivity contribution in [2.24, 2.45) is 5.10 Å². The van der Waals surface area contributed by atoms with Crippen LogP contribution in [0.5, 0.6) is 0 Å². The number of hydrazone groups is 1. The van der Waals surface area contributed by atoms with Crippen LogP contribution in [0.2, 0.25) is 0 Å². The number of hydrogen-bond donors (Lipinski definition) is 2. The summed E-state index contributed by atoms with van der Waals surface area (Å²) in [4.78, 5) is 34.1. The van der Waals surface area contributed by atoms with Gasteiger partial charge in [0.1, 0.15) is 0 Å². The standard InChI is InChI=1S/C22H24N4O4/c1-14(2)18-7-5-17(6-8-18)11-15(3)13-23-25-22(28)21(27)24-20-10-9-19(26(29)30)12-16(20)4/h5-14H,1-4H3,(H,24,27)(H,25,28). The average Bonchev–Trinajstić information content (AvgIpc) is 2.69. The lowest BCUT2D eigenvalue weighted by Crippen LogP contribution is -2.32. The first kappa shape index (κ1) is 22.5. The van der Waals surface area contributed by atoms with Gasteiger partial charge in [-0.15, -0.1) is 0 Å². The third-order valence-corrected chi connectivity index (χ3v) is 4.31. The molecule has 0 heterocycles. The lowest BCUT2D eigenvalue weighted by molar-refractivity contribution is -0.384. The van der Waals surface area contributed by atoms with Gasteiger partial charge in [-0.2, -0.15) is 5.10 Å². The molecule has 0 aliphatic rings. The van der Waals surface area contributed by atoms with E-state index in [2.05, 4.69) is 41.8 Å². The summed E-state index contributed by atoms with van der Waals surface area (Å²) in [6, 6.07) is 12.1. The van der Waals surface area contributed by atoms with Gasteiger partial charge in [-0.3, -0.25) is 19.7 Å². The zero-order chi connectivity index (χ0) is 22.3. The minimum atomic E-state index is -0.946.